The molecule has 0 aliphatic carbocycles. The summed E-state index contributed by atoms with van der Waals surface area (Å²) in [6, 6.07) is 3.50. The number of hydrogen-bond acceptors (Lipinski definition) is 7. The molecule has 0 bridgehead atoms. The molecule has 0 amide bonds. The minimum absolute atomic E-state index is 0.302. The van der Waals surface area contributed by atoms with Crippen LogP contribution in [0, 0.1) is 10.1 Å². The molecule has 2 unspecified atom stereocenters. The minimum Gasteiger partial charge on any atom is -0.397 e. The lowest BCUT2D eigenvalue weighted by molar-refractivity contribution is -0.401. The number of nitro groups is 1. The maximum absolute atomic E-state index is 10.6. The molecule has 1 aliphatic rings. The Labute approximate surface area is 120 Å². The smallest absolute Gasteiger partial charge is 0.397 e. The van der Waals surface area contributed by atoms with E-state index in [1.165, 1.54) is 12.1 Å². The molecule has 2 N–H and O–H groups in total. The third-order valence-electron chi connectivity index (χ3n) is 3.32. The van der Waals surface area contributed by atoms with Gasteiger partial charge in [-0.2, -0.15) is 4.98 Å². The van der Waals surface area contributed by atoms with Crippen molar-refractivity contribution in [2.75, 3.05) is 18.0 Å². The second-order valence-corrected chi connectivity index (χ2v) is 5.25. The van der Waals surface area contributed by atoms with Crippen LogP contribution in [-0.4, -0.2) is 45.3 Å². The molecule has 9 heteroatoms. The predicted octanol–water partition coefficient (Wildman–Crippen LogP) is 1.16. The number of nitrogens with zero attached hydrogens (tertiary/aromatic N) is 4. The Morgan fingerprint density at radius 2 is 2.10 bits per heavy atom. The number of aromatic amines is 1. The lowest BCUT2D eigenvalue weighted by Crippen LogP contribution is -2.54. The van der Waals surface area contributed by atoms with Gasteiger partial charge in [-0.05, 0) is 19.9 Å². The second-order valence-electron chi connectivity index (χ2n) is 5.25. The van der Waals surface area contributed by atoms with E-state index in [1.54, 1.807) is 0 Å². The van der Waals surface area contributed by atoms with Crippen LogP contribution < -0.4 is 10.2 Å². The quantitative estimate of drug-likeness (QED) is 0.644. The average molecular weight is 292 g/mol. The highest BCUT2D eigenvalue weighted by Crippen LogP contribution is 2.24. The molecule has 112 valence electrons. The van der Waals surface area contributed by atoms with Gasteiger partial charge in [0.15, 0.2) is 11.6 Å². The van der Waals surface area contributed by atoms with Crippen LogP contribution in [0.2, 0.25) is 0 Å². The normalized spacial score (nSPS) is 22.5. The molecule has 9 nitrogen and oxygen atoms in total. The number of rotatable bonds is 3. The molecular formula is C12H16N6O3. The maximum atomic E-state index is 10.6. The molecule has 2 atom stereocenters. The van der Waals surface area contributed by atoms with Gasteiger partial charge >= 0.3 is 5.88 Å². The molecule has 1 saturated heterocycles. The Balaban J connectivity index is 1.80. The molecule has 3 heterocycles. The highest BCUT2D eigenvalue weighted by Gasteiger charge is 2.24. The zero-order valence-electron chi connectivity index (χ0n) is 11.7. The zero-order chi connectivity index (χ0) is 15.0. The molecule has 2 aromatic heterocycles. The number of hydrogen-bond donors (Lipinski definition) is 2. The van der Waals surface area contributed by atoms with Crippen molar-refractivity contribution in [2.24, 2.45) is 0 Å². The largest absolute Gasteiger partial charge is 0.433 e. The Morgan fingerprint density at radius 1 is 1.38 bits per heavy atom. The summed E-state index contributed by atoms with van der Waals surface area (Å²) in [6.07, 6.45) is 0. The summed E-state index contributed by atoms with van der Waals surface area (Å²) in [4.78, 5) is 16.5. The van der Waals surface area contributed by atoms with Crippen LogP contribution in [0.1, 0.15) is 13.8 Å². The lowest BCUT2D eigenvalue weighted by Gasteiger charge is -2.35. The molecule has 21 heavy (non-hydrogen) atoms. The first kappa shape index (κ1) is 13.6. The van der Waals surface area contributed by atoms with Crippen LogP contribution >= 0.6 is 0 Å². The van der Waals surface area contributed by atoms with E-state index in [1.807, 2.05) is 0 Å². The van der Waals surface area contributed by atoms with Crippen molar-refractivity contribution >= 4 is 11.8 Å². The summed E-state index contributed by atoms with van der Waals surface area (Å²) >= 11 is 0. The topological polar surface area (TPSA) is 113 Å². The van der Waals surface area contributed by atoms with Crippen LogP contribution in [0.25, 0.3) is 11.6 Å². The summed E-state index contributed by atoms with van der Waals surface area (Å²) in [5.41, 5.74) is 0. The van der Waals surface area contributed by atoms with Crippen molar-refractivity contribution in [2.45, 2.75) is 25.9 Å². The lowest BCUT2D eigenvalue weighted by atomic mass is 10.1. The highest BCUT2D eigenvalue weighted by atomic mass is 16.6. The van der Waals surface area contributed by atoms with Crippen LogP contribution in [0.15, 0.2) is 16.5 Å². The number of furan rings is 1. The maximum Gasteiger partial charge on any atom is 0.433 e. The Kier molecular flexibility index (Phi) is 3.34. The molecular weight excluding hydrogens is 276 g/mol. The number of H-pyrrole nitrogens is 1. The van der Waals surface area contributed by atoms with Gasteiger partial charge in [-0.3, -0.25) is 15.2 Å². The van der Waals surface area contributed by atoms with Gasteiger partial charge in [-0.25, -0.2) is 0 Å². The minimum atomic E-state index is -0.583. The third kappa shape index (κ3) is 2.72. The van der Waals surface area contributed by atoms with Crippen LogP contribution in [0.4, 0.5) is 11.8 Å². The Bertz CT molecular complexity index is 641. The van der Waals surface area contributed by atoms with Gasteiger partial charge in [0, 0.05) is 25.2 Å². The zero-order valence-corrected chi connectivity index (χ0v) is 11.7. The van der Waals surface area contributed by atoms with Gasteiger partial charge in [0.2, 0.25) is 5.95 Å². The fraction of sp³-hybridized carbons (Fsp3) is 0.500. The Morgan fingerprint density at radius 3 is 2.71 bits per heavy atom. The molecule has 0 saturated carbocycles. The van der Waals surface area contributed by atoms with Crippen molar-refractivity contribution in [3.05, 3.63) is 22.2 Å². The van der Waals surface area contributed by atoms with Crippen LogP contribution in [-0.2, 0) is 0 Å². The molecule has 1 fully saturated rings. The van der Waals surface area contributed by atoms with Gasteiger partial charge in [-0.15, -0.1) is 5.10 Å². The summed E-state index contributed by atoms with van der Waals surface area (Å²) < 4.78 is 5.11. The molecule has 2 aromatic rings. The summed E-state index contributed by atoms with van der Waals surface area (Å²) in [7, 11) is 0. The molecule has 1 aliphatic heterocycles. The highest BCUT2D eigenvalue weighted by molar-refractivity contribution is 5.51. The molecule has 0 aromatic carbocycles. The number of aromatic nitrogens is 3. The molecule has 0 spiro atoms. The van der Waals surface area contributed by atoms with Gasteiger partial charge in [0.1, 0.15) is 4.92 Å². The first-order valence-electron chi connectivity index (χ1n) is 6.71. The average Bonchev–Trinajstić information content (AvgIpc) is 3.07. The fourth-order valence-electron chi connectivity index (χ4n) is 2.55. The van der Waals surface area contributed by atoms with E-state index >= 15 is 0 Å². The van der Waals surface area contributed by atoms with E-state index in [2.05, 4.69) is 39.2 Å². The summed E-state index contributed by atoms with van der Waals surface area (Å²) in [6.45, 7) is 5.82. The van der Waals surface area contributed by atoms with Crippen molar-refractivity contribution in [3.8, 4) is 11.6 Å². The van der Waals surface area contributed by atoms with E-state index in [4.69, 9.17) is 4.42 Å². The predicted molar refractivity (Wildman–Crippen MR) is 75.0 cm³/mol. The van der Waals surface area contributed by atoms with E-state index in [-0.39, 0.29) is 5.88 Å². The molecule has 3 rings (SSSR count). The Hall–Kier alpha value is -2.42. The van der Waals surface area contributed by atoms with Crippen molar-refractivity contribution in [1.82, 2.24) is 20.5 Å². The first-order chi connectivity index (χ1) is 10.0. The number of nitrogens with one attached hydrogen (secondary N) is 2. The number of piperazine rings is 1. The van der Waals surface area contributed by atoms with E-state index in [0.717, 1.165) is 13.1 Å². The standard InChI is InChI=1S/C12H16N6O3/c1-7-5-17(6-8(2)13-7)12-14-11(15-16-12)9-3-4-10(21-9)18(19)20/h3-4,7-8,13H,5-6H2,1-2H3,(H,14,15,16). The SMILES string of the molecule is CC1CN(c2n[nH]c(-c3ccc([N+](=O)[O-])o3)n2)CC(C)N1. The van der Waals surface area contributed by atoms with Gasteiger partial charge in [0.05, 0.1) is 6.07 Å². The van der Waals surface area contributed by atoms with Crippen LogP contribution in [0.3, 0.4) is 0 Å². The van der Waals surface area contributed by atoms with Gasteiger partial charge in [0.25, 0.3) is 0 Å². The van der Waals surface area contributed by atoms with E-state index in [0.29, 0.717) is 29.6 Å². The van der Waals surface area contributed by atoms with Crippen LogP contribution in [0.5, 0.6) is 0 Å². The first-order valence-corrected chi connectivity index (χ1v) is 6.71. The van der Waals surface area contributed by atoms with Crippen molar-refractivity contribution in [1.29, 1.82) is 0 Å². The van der Waals surface area contributed by atoms with Crippen molar-refractivity contribution < 1.29 is 9.34 Å². The van der Waals surface area contributed by atoms with Gasteiger partial charge in [-0.1, -0.05) is 0 Å². The second kappa shape index (κ2) is 5.17. The third-order valence-corrected chi connectivity index (χ3v) is 3.32. The van der Waals surface area contributed by atoms with Crippen molar-refractivity contribution in [3.63, 3.8) is 0 Å². The van der Waals surface area contributed by atoms with E-state index < -0.39 is 4.92 Å². The molecule has 0 radical (unpaired) electrons. The van der Waals surface area contributed by atoms with Gasteiger partial charge < -0.3 is 14.6 Å². The summed E-state index contributed by atoms with van der Waals surface area (Å²) in [5, 5.41) is 21.0. The fourth-order valence-corrected chi connectivity index (χ4v) is 2.55. The number of anilines is 1. The monoisotopic (exact) mass is 292 g/mol. The summed E-state index contributed by atoms with van der Waals surface area (Å²) in [5.74, 6) is 0.949. The van der Waals surface area contributed by atoms with E-state index in [9.17, 15) is 10.1 Å².